The molecule has 1 aromatic rings. The molecule has 0 spiro atoms. The molecule has 6 nitrogen and oxygen atoms in total. The van der Waals surface area contributed by atoms with Gasteiger partial charge in [0.05, 0.1) is 5.70 Å². The minimum absolute atomic E-state index is 0.0967. The lowest BCUT2D eigenvalue weighted by molar-refractivity contribution is -0.119. The van der Waals surface area contributed by atoms with Crippen LogP contribution in [-0.4, -0.2) is 27.2 Å². The van der Waals surface area contributed by atoms with Crippen LogP contribution < -0.4 is 10.6 Å². The van der Waals surface area contributed by atoms with Crippen LogP contribution in [0, 0.1) is 0 Å². The molecule has 0 unspecified atom stereocenters. The lowest BCUT2D eigenvalue weighted by Crippen LogP contribution is -2.43. The average molecular weight is 328 g/mol. The maximum atomic E-state index is 12.3. The summed E-state index contributed by atoms with van der Waals surface area (Å²) in [5, 5.41) is 6.03. The maximum absolute atomic E-state index is 12.3. The number of nitrogens with one attached hydrogen (secondary N) is 2. The van der Waals surface area contributed by atoms with Crippen molar-refractivity contribution >= 4 is 17.5 Å². The van der Waals surface area contributed by atoms with Crippen molar-refractivity contribution in [1.29, 1.82) is 0 Å². The topological polar surface area (TPSA) is 84.0 Å². The third kappa shape index (κ3) is 5.01. The van der Waals surface area contributed by atoms with Crippen molar-refractivity contribution in [2.75, 3.05) is 5.32 Å². The van der Waals surface area contributed by atoms with Crippen molar-refractivity contribution in [3.8, 4) is 0 Å². The van der Waals surface area contributed by atoms with Gasteiger partial charge in [-0.05, 0) is 38.8 Å². The van der Waals surface area contributed by atoms with E-state index < -0.39 is 0 Å². The van der Waals surface area contributed by atoms with E-state index in [1.54, 1.807) is 31.3 Å². The maximum Gasteiger partial charge on any atom is 0.247 e. The molecule has 6 heteroatoms. The average Bonchev–Trinajstić information content (AvgIpc) is 2.97. The first kappa shape index (κ1) is 17.8. The number of aromatic nitrogens is 2. The summed E-state index contributed by atoms with van der Waals surface area (Å²) in [7, 11) is 0. The number of nitrogens with zero attached hydrogens (tertiary/aromatic N) is 2. The Balaban J connectivity index is 2.06. The van der Waals surface area contributed by atoms with Crippen LogP contribution in [-0.2, 0) is 9.59 Å². The van der Waals surface area contributed by atoms with Crippen LogP contribution in [0.5, 0.6) is 0 Å². The molecule has 0 bridgehead atoms. The summed E-state index contributed by atoms with van der Waals surface area (Å²) in [6.45, 7) is 5.29. The van der Waals surface area contributed by atoms with Gasteiger partial charge in [-0.25, -0.2) is 9.97 Å². The highest BCUT2D eigenvalue weighted by Gasteiger charge is 2.30. The monoisotopic (exact) mass is 328 g/mol. The zero-order valence-corrected chi connectivity index (χ0v) is 14.4. The predicted molar refractivity (Wildman–Crippen MR) is 93.2 cm³/mol. The molecule has 1 saturated carbocycles. The van der Waals surface area contributed by atoms with E-state index in [9.17, 15) is 9.59 Å². The fraction of sp³-hybridized carbons (Fsp3) is 0.444. The Morgan fingerprint density at radius 2 is 1.92 bits per heavy atom. The third-order valence-corrected chi connectivity index (χ3v) is 4.20. The predicted octanol–water partition coefficient (Wildman–Crippen LogP) is 2.76. The normalized spacial score (nSPS) is 17.5. The van der Waals surface area contributed by atoms with Crippen LogP contribution in [0.1, 0.15) is 46.5 Å². The molecule has 1 aliphatic rings. The zero-order valence-electron chi connectivity index (χ0n) is 14.4. The highest BCUT2D eigenvalue weighted by molar-refractivity contribution is 5.97. The van der Waals surface area contributed by atoms with Crippen molar-refractivity contribution < 1.29 is 9.59 Å². The van der Waals surface area contributed by atoms with Crippen LogP contribution >= 0.6 is 0 Å². The van der Waals surface area contributed by atoms with Gasteiger partial charge < -0.3 is 10.6 Å². The summed E-state index contributed by atoms with van der Waals surface area (Å²) in [6.07, 6.45) is 10.6. The van der Waals surface area contributed by atoms with Crippen LogP contribution in [0.25, 0.3) is 0 Å². The van der Waals surface area contributed by atoms with E-state index >= 15 is 0 Å². The summed E-state index contributed by atoms with van der Waals surface area (Å²) >= 11 is 0. The van der Waals surface area contributed by atoms with E-state index in [0.29, 0.717) is 17.1 Å². The van der Waals surface area contributed by atoms with Crippen molar-refractivity contribution in [2.24, 2.45) is 0 Å². The number of allylic oxidation sites excluding steroid dienone is 3. The Morgan fingerprint density at radius 1 is 1.21 bits per heavy atom. The summed E-state index contributed by atoms with van der Waals surface area (Å²) in [6, 6.07) is 1.67. The molecule has 0 radical (unpaired) electrons. The Morgan fingerprint density at radius 3 is 2.50 bits per heavy atom. The van der Waals surface area contributed by atoms with Crippen molar-refractivity contribution in [1.82, 2.24) is 15.3 Å². The lowest BCUT2D eigenvalue weighted by atomic mass is 10.00. The molecule has 128 valence electrons. The molecule has 2 rings (SSSR count). The van der Waals surface area contributed by atoms with Gasteiger partial charge in [0.15, 0.2) is 5.78 Å². The van der Waals surface area contributed by atoms with Crippen LogP contribution in [0.4, 0.5) is 5.82 Å². The molecule has 1 aliphatic carbocycles. The second kappa shape index (κ2) is 7.86. The third-order valence-electron chi connectivity index (χ3n) is 4.20. The molecule has 1 heterocycles. The van der Waals surface area contributed by atoms with Gasteiger partial charge in [-0.3, -0.25) is 9.59 Å². The fourth-order valence-corrected chi connectivity index (χ4v) is 2.69. The second-order valence-electron chi connectivity index (χ2n) is 6.43. The standard InChI is InChI=1S/C18H24N4O2/c1-13(17(24)22-18(3)9-4-5-10-18)6-7-15(14(2)23)21-16-8-11-19-12-20-16/h6-8,11-12H,4-5,9-10H2,1-3H3,(H,22,24)(H,19,20,21)/b13-6+,15-7+. The number of carbonyl (C=O) groups is 2. The molecule has 0 aliphatic heterocycles. The summed E-state index contributed by atoms with van der Waals surface area (Å²) in [4.78, 5) is 31.9. The molecule has 1 amide bonds. The number of carbonyl (C=O) groups excluding carboxylic acids is 2. The number of ketones is 1. The molecule has 1 aromatic heterocycles. The van der Waals surface area contributed by atoms with Gasteiger partial charge in [-0.2, -0.15) is 0 Å². The first-order valence-corrected chi connectivity index (χ1v) is 8.15. The number of anilines is 1. The van der Waals surface area contributed by atoms with Crippen LogP contribution in [0.3, 0.4) is 0 Å². The van der Waals surface area contributed by atoms with Crippen LogP contribution in [0.2, 0.25) is 0 Å². The quantitative estimate of drug-likeness (QED) is 0.619. The minimum Gasteiger partial charge on any atom is -0.347 e. The molecule has 2 N–H and O–H groups in total. The highest BCUT2D eigenvalue weighted by atomic mass is 16.2. The largest absolute Gasteiger partial charge is 0.347 e. The van der Waals surface area contributed by atoms with E-state index in [4.69, 9.17) is 0 Å². The minimum atomic E-state index is -0.138. The number of Topliss-reactive ketones (excluding diaryl/α,β-unsaturated/α-hetero) is 1. The number of rotatable bonds is 6. The number of amides is 1. The van der Waals surface area contributed by atoms with Gasteiger partial charge >= 0.3 is 0 Å². The molecule has 1 fully saturated rings. The Labute approximate surface area is 142 Å². The Hall–Kier alpha value is -2.50. The molecule has 0 atom stereocenters. The zero-order chi connectivity index (χ0) is 17.6. The fourth-order valence-electron chi connectivity index (χ4n) is 2.69. The summed E-state index contributed by atoms with van der Waals surface area (Å²) < 4.78 is 0. The molecule has 0 aromatic carbocycles. The van der Waals surface area contributed by atoms with E-state index in [1.807, 2.05) is 0 Å². The molecule has 24 heavy (non-hydrogen) atoms. The first-order chi connectivity index (χ1) is 11.4. The van der Waals surface area contributed by atoms with Crippen LogP contribution in [0.15, 0.2) is 42.0 Å². The van der Waals surface area contributed by atoms with Gasteiger partial charge in [0.2, 0.25) is 5.91 Å². The highest BCUT2D eigenvalue weighted by Crippen LogP contribution is 2.29. The Bertz CT molecular complexity index is 659. The lowest BCUT2D eigenvalue weighted by Gasteiger charge is -2.25. The van der Waals surface area contributed by atoms with Crippen molar-refractivity contribution in [3.63, 3.8) is 0 Å². The van der Waals surface area contributed by atoms with Gasteiger partial charge in [-0.15, -0.1) is 0 Å². The smallest absolute Gasteiger partial charge is 0.247 e. The van der Waals surface area contributed by atoms with Gasteiger partial charge in [0, 0.05) is 24.2 Å². The molecular formula is C18H24N4O2. The number of hydrogen-bond donors (Lipinski definition) is 2. The molecule has 0 saturated heterocycles. The number of hydrogen-bond acceptors (Lipinski definition) is 5. The van der Waals surface area contributed by atoms with Gasteiger partial charge in [0.25, 0.3) is 0 Å². The second-order valence-corrected chi connectivity index (χ2v) is 6.43. The summed E-state index contributed by atoms with van der Waals surface area (Å²) in [5.41, 5.74) is 0.817. The van der Waals surface area contributed by atoms with E-state index in [0.717, 1.165) is 25.7 Å². The first-order valence-electron chi connectivity index (χ1n) is 8.15. The molecular weight excluding hydrogens is 304 g/mol. The Kier molecular flexibility index (Phi) is 5.84. The SMILES string of the molecule is CC(=O)/C(=C\C=C(/C)C(=O)NC1(C)CCCC1)Nc1ccncn1. The van der Waals surface area contributed by atoms with Crippen molar-refractivity contribution in [3.05, 3.63) is 42.0 Å². The van der Waals surface area contributed by atoms with E-state index in [-0.39, 0.29) is 17.2 Å². The van der Waals surface area contributed by atoms with E-state index in [1.165, 1.54) is 13.3 Å². The van der Waals surface area contributed by atoms with Gasteiger partial charge in [0.1, 0.15) is 12.1 Å². The van der Waals surface area contributed by atoms with E-state index in [2.05, 4.69) is 27.5 Å². The summed E-state index contributed by atoms with van der Waals surface area (Å²) in [5.74, 6) is 0.293. The van der Waals surface area contributed by atoms with Gasteiger partial charge in [-0.1, -0.05) is 18.9 Å². The van der Waals surface area contributed by atoms with Crippen molar-refractivity contribution in [2.45, 2.75) is 52.0 Å².